The number of nitrogens with zero attached hydrogens (tertiary/aromatic N) is 2. The minimum Gasteiger partial charge on any atom is -0.392 e. The van der Waals surface area contributed by atoms with Crippen molar-refractivity contribution in [3.63, 3.8) is 0 Å². The lowest BCUT2D eigenvalue weighted by Crippen LogP contribution is -2.37. The molecule has 1 heterocycles. The molecule has 0 aromatic heterocycles. The molecule has 1 saturated heterocycles. The van der Waals surface area contributed by atoms with Crippen LogP contribution in [0.2, 0.25) is 0 Å². The molecule has 0 amide bonds. The highest BCUT2D eigenvalue weighted by Gasteiger charge is 2.31. The van der Waals surface area contributed by atoms with Crippen molar-refractivity contribution >= 4 is 0 Å². The third-order valence-corrected chi connectivity index (χ3v) is 3.39. The normalized spacial score (nSPS) is 24.3. The number of benzene rings is 1. The van der Waals surface area contributed by atoms with Crippen molar-refractivity contribution in [1.82, 2.24) is 9.80 Å². The molecule has 0 spiro atoms. The molecule has 1 aromatic rings. The van der Waals surface area contributed by atoms with Gasteiger partial charge in [0.2, 0.25) is 0 Å². The van der Waals surface area contributed by atoms with E-state index in [4.69, 9.17) is 0 Å². The maximum atomic E-state index is 13.2. The zero-order chi connectivity index (χ0) is 14.0. The number of hydrogen-bond acceptors (Lipinski definition) is 3. The Kier molecular flexibility index (Phi) is 4.50. The van der Waals surface area contributed by atoms with Crippen LogP contribution in [0.25, 0.3) is 0 Å². The minimum atomic E-state index is -0.557. The van der Waals surface area contributed by atoms with Gasteiger partial charge in [-0.3, -0.25) is 4.90 Å². The van der Waals surface area contributed by atoms with Crippen molar-refractivity contribution in [2.45, 2.75) is 25.1 Å². The Hall–Kier alpha value is -1.04. The van der Waals surface area contributed by atoms with Crippen LogP contribution in [0.1, 0.15) is 12.0 Å². The first-order valence-electron chi connectivity index (χ1n) is 6.46. The van der Waals surface area contributed by atoms with Crippen molar-refractivity contribution < 1.29 is 13.9 Å². The second kappa shape index (κ2) is 5.94. The Morgan fingerprint density at radius 3 is 2.47 bits per heavy atom. The molecule has 1 aliphatic heterocycles. The highest BCUT2D eigenvalue weighted by molar-refractivity contribution is 5.18. The summed E-state index contributed by atoms with van der Waals surface area (Å²) in [5.74, 6) is -1.11. The predicted molar refractivity (Wildman–Crippen MR) is 69.7 cm³/mol. The average Bonchev–Trinajstić information content (AvgIpc) is 2.56. The van der Waals surface area contributed by atoms with Gasteiger partial charge < -0.3 is 10.0 Å². The largest absolute Gasteiger partial charge is 0.392 e. The zero-order valence-electron chi connectivity index (χ0n) is 11.3. The van der Waals surface area contributed by atoms with E-state index < -0.39 is 11.6 Å². The van der Waals surface area contributed by atoms with E-state index in [9.17, 15) is 13.9 Å². The van der Waals surface area contributed by atoms with Crippen LogP contribution >= 0.6 is 0 Å². The van der Waals surface area contributed by atoms with Crippen LogP contribution in [-0.2, 0) is 6.54 Å². The second-order valence-electron chi connectivity index (χ2n) is 5.51. The molecule has 106 valence electrons. The van der Waals surface area contributed by atoms with Gasteiger partial charge in [-0.15, -0.1) is 0 Å². The van der Waals surface area contributed by atoms with Gasteiger partial charge in [0.15, 0.2) is 0 Å². The quantitative estimate of drug-likeness (QED) is 0.897. The van der Waals surface area contributed by atoms with Crippen LogP contribution in [0.4, 0.5) is 8.78 Å². The second-order valence-corrected chi connectivity index (χ2v) is 5.51. The first-order chi connectivity index (χ1) is 8.94. The summed E-state index contributed by atoms with van der Waals surface area (Å²) >= 11 is 0. The highest BCUT2D eigenvalue weighted by Crippen LogP contribution is 2.21. The molecular weight excluding hydrogens is 250 g/mol. The van der Waals surface area contributed by atoms with Crippen molar-refractivity contribution in [3.05, 3.63) is 35.4 Å². The van der Waals surface area contributed by atoms with Gasteiger partial charge >= 0.3 is 0 Å². The summed E-state index contributed by atoms with van der Waals surface area (Å²) in [5, 5.41) is 9.76. The number of aliphatic hydroxyl groups excluding tert-OH is 1. The molecule has 19 heavy (non-hydrogen) atoms. The van der Waals surface area contributed by atoms with Gasteiger partial charge in [0, 0.05) is 31.7 Å². The first-order valence-corrected chi connectivity index (χ1v) is 6.46. The fourth-order valence-corrected chi connectivity index (χ4v) is 2.70. The van der Waals surface area contributed by atoms with Crippen LogP contribution in [-0.4, -0.2) is 54.2 Å². The number of hydrogen-bond donors (Lipinski definition) is 1. The van der Waals surface area contributed by atoms with E-state index in [1.54, 1.807) is 0 Å². The van der Waals surface area contributed by atoms with Crippen LogP contribution in [0.5, 0.6) is 0 Å². The van der Waals surface area contributed by atoms with Crippen LogP contribution in [0, 0.1) is 11.6 Å². The molecule has 3 nitrogen and oxygen atoms in total. The van der Waals surface area contributed by atoms with E-state index in [0.717, 1.165) is 12.6 Å². The Bertz CT molecular complexity index is 419. The molecule has 1 fully saturated rings. The standard InChI is InChI=1S/C14H20F2N2O/c1-17(2)8-13-6-14(19)9-18(13)7-10-3-11(15)5-12(16)4-10/h3-5,13-14,19H,6-9H2,1-2H3. The zero-order valence-corrected chi connectivity index (χ0v) is 11.3. The number of β-amino-alcohol motifs (C(OH)–C–C–N with tert-alkyl or cyclic N) is 1. The maximum Gasteiger partial charge on any atom is 0.126 e. The van der Waals surface area contributed by atoms with Crippen LogP contribution < -0.4 is 0 Å². The smallest absolute Gasteiger partial charge is 0.126 e. The maximum absolute atomic E-state index is 13.2. The van der Waals surface area contributed by atoms with Gasteiger partial charge in [-0.1, -0.05) is 0 Å². The minimum absolute atomic E-state index is 0.219. The molecule has 5 heteroatoms. The lowest BCUT2D eigenvalue weighted by Gasteiger charge is -2.26. The van der Waals surface area contributed by atoms with Gasteiger partial charge in [0.1, 0.15) is 11.6 Å². The van der Waals surface area contributed by atoms with E-state index in [2.05, 4.69) is 9.80 Å². The Morgan fingerprint density at radius 1 is 1.26 bits per heavy atom. The molecule has 0 saturated carbocycles. The molecule has 1 aromatic carbocycles. The van der Waals surface area contributed by atoms with Crippen LogP contribution in [0.15, 0.2) is 18.2 Å². The van der Waals surface area contributed by atoms with Gasteiger partial charge in [-0.2, -0.15) is 0 Å². The lowest BCUT2D eigenvalue weighted by molar-refractivity contribution is 0.169. The lowest BCUT2D eigenvalue weighted by atomic mass is 10.1. The molecule has 1 aliphatic rings. The van der Waals surface area contributed by atoms with Gasteiger partial charge in [-0.05, 0) is 38.2 Å². The van der Waals surface area contributed by atoms with Crippen molar-refractivity contribution in [2.24, 2.45) is 0 Å². The number of aliphatic hydroxyl groups is 1. The van der Waals surface area contributed by atoms with E-state index >= 15 is 0 Å². The summed E-state index contributed by atoms with van der Waals surface area (Å²) in [6.45, 7) is 1.84. The van der Waals surface area contributed by atoms with E-state index in [1.807, 2.05) is 14.1 Å². The number of rotatable bonds is 4. The van der Waals surface area contributed by atoms with Crippen molar-refractivity contribution in [3.8, 4) is 0 Å². The Labute approximate surface area is 112 Å². The van der Waals surface area contributed by atoms with E-state index in [-0.39, 0.29) is 12.1 Å². The highest BCUT2D eigenvalue weighted by atomic mass is 19.1. The average molecular weight is 270 g/mol. The SMILES string of the molecule is CN(C)CC1CC(O)CN1Cc1cc(F)cc(F)c1. The topological polar surface area (TPSA) is 26.7 Å². The molecule has 0 radical (unpaired) electrons. The van der Waals surface area contributed by atoms with Crippen LogP contribution in [0.3, 0.4) is 0 Å². The third-order valence-electron chi connectivity index (χ3n) is 3.39. The van der Waals surface area contributed by atoms with E-state index in [0.29, 0.717) is 25.1 Å². The summed E-state index contributed by atoms with van der Waals surface area (Å²) < 4.78 is 26.3. The fraction of sp³-hybridized carbons (Fsp3) is 0.571. The summed E-state index contributed by atoms with van der Waals surface area (Å²) in [4.78, 5) is 4.14. The van der Waals surface area contributed by atoms with Crippen molar-refractivity contribution in [2.75, 3.05) is 27.2 Å². The molecular formula is C14H20F2N2O. The molecule has 0 bridgehead atoms. The van der Waals surface area contributed by atoms with Gasteiger partial charge in [0.25, 0.3) is 0 Å². The molecule has 0 aliphatic carbocycles. The molecule has 2 rings (SSSR count). The Balaban J connectivity index is 2.07. The molecule has 2 atom stereocenters. The summed E-state index contributed by atoms with van der Waals surface area (Å²) in [7, 11) is 3.95. The summed E-state index contributed by atoms with van der Waals surface area (Å²) in [5.41, 5.74) is 0.607. The number of likely N-dealkylation sites (N-methyl/N-ethyl adjacent to an activating group) is 1. The van der Waals surface area contributed by atoms with Gasteiger partial charge in [-0.25, -0.2) is 8.78 Å². The third kappa shape index (κ3) is 3.96. The predicted octanol–water partition coefficient (Wildman–Crippen LogP) is 1.46. The Morgan fingerprint density at radius 2 is 1.89 bits per heavy atom. The molecule has 2 unspecified atom stereocenters. The summed E-state index contributed by atoms with van der Waals surface area (Å²) in [6.07, 6.45) is 0.346. The summed E-state index contributed by atoms with van der Waals surface area (Å²) in [6, 6.07) is 3.79. The number of halogens is 2. The fourth-order valence-electron chi connectivity index (χ4n) is 2.70. The monoisotopic (exact) mass is 270 g/mol. The first kappa shape index (κ1) is 14.4. The van der Waals surface area contributed by atoms with Gasteiger partial charge in [0.05, 0.1) is 6.10 Å². The van der Waals surface area contributed by atoms with E-state index in [1.165, 1.54) is 12.1 Å². The molecule has 1 N–H and O–H groups in total. The number of likely N-dealkylation sites (tertiary alicyclic amines) is 1. The van der Waals surface area contributed by atoms with Crippen molar-refractivity contribution in [1.29, 1.82) is 0 Å².